The van der Waals surface area contributed by atoms with Crippen LogP contribution in [0.25, 0.3) is 0 Å². The molecule has 0 aliphatic carbocycles. The van der Waals surface area contributed by atoms with Gasteiger partial charge in [0.25, 0.3) is 5.91 Å². The van der Waals surface area contributed by atoms with Crippen molar-refractivity contribution in [1.29, 1.82) is 0 Å². The first-order valence-electron chi connectivity index (χ1n) is 10.2. The van der Waals surface area contributed by atoms with Crippen LogP contribution in [0.2, 0.25) is 0 Å². The maximum atomic E-state index is 13.3. The highest BCUT2D eigenvalue weighted by Gasteiger charge is 2.33. The predicted molar refractivity (Wildman–Crippen MR) is 115 cm³/mol. The van der Waals surface area contributed by atoms with Crippen LogP contribution in [0.15, 0.2) is 24.3 Å². The molecule has 30 heavy (non-hydrogen) atoms. The molecule has 4 rings (SSSR count). The molecule has 2 saturated heterocycles. The Morgan fingerprint density at radius 2 is 1.90 bits per heavy atom. The molecular weight excluding hydrogens is 404 g/mol. The third kappa shape index (κ3) is 3.90. The standard InChI is InChI=1S/C21H28N4O4S/c1-15-20(16(2)25(22-15)18-7-12-30(27,28)14-18)21(26)24-10-8-23(9-11-24)17-5-4-6-19(13-17)29-3/h4-6,13,18H,7-12,14H2,1-3H3/t18-/m1/s1. The molecule has 0 saturated carbocycles. The van der Waals surface area contributed by atoms with Crippen molar-refractivity contribution >= 4 is 21.4 Å². The highest BCUT2D eigenvalue weighted by atomic mass is 32.2. The molecule has 1 amide bonds. The summed E-state index contributed by atoms with van der Waals surface area (Å²) in [5.41, 5.74) is 3.12. The Morgan fingerprint density at radius 3 is 2.53 bits per heavy atom. The highest BCUT2D eigenvalue weighted by Crippen LogP contribution is 2.28. The molecule has 2 fully saturated rings. The van der Waals surface area contributed by atoms with Crippen LogP contribution in [0.5, 0.6) is 5.75 Å². The van der Waals surface area contributed by atoms with Crippen molar-refractivity contribution in [1.82, 2.24) is 14.7 Å². The molecule has 8 nitrogen and oxygen atoms in total. The fourth-order valence-electron chi connectivity index (χ4n) is 4.43. The molecule has 9 heteroatoms. The van der Waals surface area contributed by atoms with Gasteiger partial charge in [-0.15, -0.1) is 0 Å². The summed E-state index contributed by atoms with van der Waals surface area (Å²) < 4.78 is 30.8. The van der Waals surface area contributed by atoms with Gasteiger partial charge in [-0.3, -0.25) is 9.48 Å². The van der Waals surface area contributed by atoms with E-state index in [1.54, 1.807) is 11.8 Å². The van der Waals surface area contributed by atoms with E-state index in [1.807, 2.05) is 43.0 Å². The lowest BCUT2D eigenvalue weighted by Gasteiger charge is -2.36. The Kier molecular flexibility index (Phi) is 5.48. The minimum absolute atomic E-state index is 0.0256. The maximum Gasteiger partial charge on any atom is 0.257 e. The van der Waals surface area contributed by atoms with Crippen LogP contribution >= 0.6 is 0 Å². The minimum Gasteiger partial charge on any atom is -0.497 e. The molecule has 162 valence electrons. The number of nitrogens with zero attached hydrogens (tertiary/aromatic N) is 4. The van der Waals surface area contributed by atoms with Crippen LogP contribution in [0.1, 0.15) is 34.2 Å². The zero-order valence-electron chi connectivity index (χ0n) is 17.7. The fraction of sp³-hybridized carbons (Fsp3) is 0.524. The quantitative estimate of drug-likeness (QED) is 0.733. The van der Waals surface area contributed by atoms with Gasteiger partial charge in [0.2, 0.25) is 0 Å². The van der Waals surface area contributed by atoms with Gasteiger partial charge in [-0.2, -0.15) is 5.10 Å². The Balaban J connectivity index is 1.47. The van der Waals surface area contributed by atoms with E-state index in [2.05, 4.69) is 10.00 Å². The molecule has 0 N–H and O–H groups in total. The van der Waals surface area contributed by atoms with Crippen LogP contribution < -0.4 is 9.64 Å². The van der Waals surface area contributed by atoms with Gasteiger partial charge in [-0.25, -0.2) is 8.42 Å². The van der Waals surface area contributed by atoms with Crippen LogP contribution in [0.4, 0.5) is 5.69 Å². The summed E-state index contributed by atoms with van der Waals surface area (Å²) in [6, 6.07) is 7.76. The molecule has 2 aliphatic rings. The summed E-state index contributed by atoms with van der Waals surface area (Å²) >= 11 is 0. The molecule has 1 aromatic carbocycles. The number of benzene rings is 1. The van der Waals surface area contributed by atoms with Crippen molar-refractivity contribution in [2.45, 2.75) is 26.3 Å². The second-order valence-electron chi connectivity index (χ2n) is 8.03. The third-order valence-corrected chi connectivity index (χ3v) is 7.83. The first-order valence-corrected chi connectivity index (χ1v) is 12.1. The van der Waals surface area contributed by atoms with Crippen molar-refractivity contribution in [3.8, 4) is 5.75 Å². The highest BCUT2D eigenvalue weighted by molar-refractivity contribution is 7.91. The first-order chi connectivity index (χ1) is 14.3. The van der Waals surface area contributed by atoms with Gasteiger partial charge in [-0.1, -0.05) is 6.07 Å². The number of anilines is 1. The molecule has 0 bridgehead atoms. The van der Waals surface area contributed by atoms with Crippen LogP contribution in [-0.4, -0.2) is 73.8 Å². The monoisotopic (exact) mass is 432 g/mol. The third-order valence-electron chi connectivity index (χ3n) is 6.08. The van der Waals surface area contributed by atoms with Gasteiger partial charge < -0.3 is 14.5 Å². The number of aryl methyl sites for hydroxylation is 1. The number of sulfone groups is 1. The lowest BCUT2D eigenvalue weighted by atomic mass is 10.1. The summed E-state index contributed by atoms with van der Waals surface area (Å²) in [7, 11) is -1.36. The van der Waals surface area contributed by atoms with Crippen LogP contribution in [0.3, 0.4) is 0 Å². The number of methoxy groups -OCH3 is 1. The minimum atomic E-state index is -3.01. The lowest BCUT2D eigenvalue weighted by molar-refractivity contribution is 0.0745. The number of rotatable bonds is 4. The van der Waals surface area contributed by atoms with Gasteiger partial charge in [0.1, 0.15) is 5.75 Å². The van der Waals surface area contributed by atoms with E-state index in [-0.39, 0.29) is 23.5 Å². The first kappa shape index (κ1) is 20.7. The lowest BCUT2D eigenvalue weighted by Crippen LogP contribution is -2.49. The number of hydrogen-bond acceptors (Lipinski definition) is 6. The Morgan fingerprint density at radius 1 is 1.17 bits per heavy atom. The van der Waals surface area contributed by atoms with E-state index in [9.17, 15) is 13.2 Å². The predicted octanol–water partition coefficient (Wildman–Crippen LogP) is 1.83. The molecule has 2 aromatic rings. The van der Waals surface area contributed by atoms with Crippen molar-refractivity contribution < 1.29 is 17.9 Å². The summed E-state index contributed by atoms with van der Waals surface area (Å²) in [4.78, 5) is 17.4. The van der Waals surface area contributed by atoms with Gasteiger partial charge in [0, 0.05) is 43.6 Å². The molecule has 0 radical (unpaired) electrons. The number of piperazine rings is 1. The van der Waals surface area contributed by atoms with E-state index in [0.29, 0.717) is 30.8 Å². The largest absolute Gasteiger partial charge is 0.497 e. The van der Waals surface area contributed by atoms with E-state index in [0.717, 1.165) is 30.2 Å². The molecule has 1 aromatic heterocycles. The van der Waals surface area contributed by atoms with E-state index in [1.165, 1.54) is 0 Å². The summed E-state index contributed by atoms with van der Waals surface area (Å²) in [5.74, 6) is 1.08. The van der Waals surface area contributed by atoms with Gasteiger partial charge >= 0.3 is 0 Å². The van der Waals surface area contributed by atoms with E-state index in [4.69, 9.17) is 4.74 Å². The van der Waals surface area contributed by atoms with Gasteiger partial charge in [-0.05, 0) is 32.4 Å². The van der Waals surface area contributed by atoms with Gasteiger partial charge in [0.05, 0.1) is 35.9 Å². The van der Waals surface area contributed by atoms with E-state index >= 15 is 0 Å². The molecule has 1 atom stereocenters. The van der Waals surface area contributed by atoms with Crippen molar-refractivity contribution in [3.05, 3.63) is 41.2 Å². The van der Waals surface area contributed by atoms with Crippen molar-refractivity contribution in [2.75, 3.05) is 49.7 Å². The average molecular weight is 433 g/mol. The van der Waals surface area contributed by atoms with Gasteiger partial charge in [0.15, 0.2) is 9.84 Å². The molecule has 0 unspecified atom stereocenters. The fourth-order valence-corrected chi connectivity index (χ4v) is 6.12. The Bertz CT molecular complexity index is 1050. The Hall–Kier alpha value is -2.55. The maximum absolute atomic E-state index is 13.3. The number of carbonyl (C=O) groups excluding carboxylic acids is 1. The van der Waals surface area contributed by atoms with Crippen molar-refractivity contribution in [3.63, 3.8) is 0 Å². The SMILES string of the molecule is COc1cccc(N2CCN(C(=O)c3c(C)nn([C@@H]4CCS(=O)(=O)C4)c3C)CC2)c1. The number of amides is 1. The number of carbonyl (C=O) groups is 1. The second-order valence-corrected chi connectivity index (χ2v) is 10.3. The summed E-state index contributed by atoms with van der Waals surface area (Å²) in [6.45, 7) is 6.42. The molecule has 0 spiro atoms. The average Bonchev–Trinajstić information content (AvgIpc) is 3.25. The molecular formula is C21H28N4O4S. The normalized spacial score (nSPS) is 21.1. The topological polar surface area (TPSA) is 84.7 Å². The smallest absolute Gasteiger partial charge is 0.257 e. The van der Waals surface area contributed by atoms with Crippen LogP contribution in [-0.2, 0) is 9.84 Å². The zero-order chi connectivity index (χ0) is 21.5. The zero-order valence-corrected chi connectivity index (χ0v) is 18.5. The molecule has 3 heterocycles. The summed E-state index contributed by atoms with van der Waals surface area (Å²) in [5, 5.41) is 4.54. The Labute approximate surface area is 177 Å². The molecule has 2 aliphatic heterocycles. The number of aromatic nitrogens is 2. The van der Waals surface area contributed by atoms with Crippen molar-refractivity contribution in [2.24, 2.45) is 0 Å². The van der Waals surface area contributed by atoms with Crippen LogP contribution in [0, 0.1) is 13.8 Å². The number of ether oxygens (including phenoxy) is 1. The van der Waals surface area contributed by atoms with E-state index < -0.39 is 9.84 Å². The second kappa shape index (κ2) is 7.94. The number of hydrogen-bond donors (Lipinski definition) is 0. The summed E-state index contributed by atoms with van der Waals surface area (Å²) in [6.07, 6.45) is 0.553.